The van der Waals surface area contributed by atoms with E-state index in [-0.39, 0.29) is 30.1 Å². The number of carbonyl (C=O) groups is 3. The molecule has 1 N–H and O–H groups in total. The number of hydrogen-bond acceptors (Lipinski definition) is 6. The van der Waals surface area contributed by atoms with Crippen LogP contribution in [-0.4, -0.2) is 35.9 Å². The van der Waals surface area contributed by atoms with Crippen LogP contribution < -0.4 is 10.2 Å². The normalized spacial score (nSPS) is 10.3. The third-order valence-electron chi connectivity index (χ3n) is 5.11. The van der Waals surface area contributed by atoms with E-state index in [1.807, 2.05) is 61.5 Å². The molecule has 9 heteroatoms. The fourth-order valence-corrected chi connectivity index (χ4v) is 3.29. The van der Waals surface area contributed by atoms with Crippen LogP contribution in [0, 0.1) is 17.0 Å². The fourth-order valence-electron chi connectivity index (χ4n) is 3.29. The predicted octanol–water partition coefficient (Wildman–Crippen LogP) is 3.80. The molecule has 0 aliphatic rings. The van der Waals surface area contributed by atoms with Crippen molar-refractivity contribution >= 4 is 29.2 Å². The van der Waals surface area contributed by atoms with Crippen molar-refractivity contribution in [2.75, 3.05) is 18.1 Å². The van der Waals surface area contributed by atoms with Gasteiger partial charge in [0.15, 0.2) is 6.61 Å². The molecule has 0 heterocycles. The second-order valence-electron chi connectivity index (χ2n) is 7.78. The minimum Gasteiger partial charge on any atom is -0.455 e. The van der Waals surface area contributed by atoms with Gasteiger partial charge in [0.1, 0.15) is 0 Å². The first-order valence-electron chi connectivity index (χ1n) is 10.9. The van der Waals surface area contributed by atoms with Crippen molar-refractivity contribution in [1.29, 1.82) is 0 Å². The molecule has 9 nitrogen and oxygen atoms in total. The van der Waals surface area contributed by atoms with Gasteiger partial charge in [-0.05, 0) is 42.3 Å². The topological polar surface area (TPSA) is 119 Å². The first-order valence-corrected chi connectivity index (χ1v) is 10.9. The van der Waals surface area contributed by atoms with Crippen LogP contribution in [0.4, 0.5) is 11.4 Å². The number of benzene rings is 3. The molecular weight excluding hydrogens is 450 g/mol. The van der Waals surface area contributed by atoms with Crippen LogP contribution in [0.5, 0.6) is 0 Å². The van der Waals surface area contributed by atoms with E-state index in [2.05, 4.69) is 5.32 Å². The lowest BCUT2D eigenvalue weighted by Crippen LogP contribution is -2.34. The van der Waals surface area contributed by atoms with E-state index in [4.69, 9.17) is 4.74 Å². The van der Waals surface area contributed by atoms with Gasteiger partial charge < -0.3 is 15.0 Å². The Morgan fingerprint density at radius 3 is 2.34 bits per heavy atom. The summed E-state index contributed by atoms with van der Waals surface area (Å²) in [5, 5.41) is 13.2. The summed E-state index contributed by atoms with van der Waals surface area (Å²) in [7, 11) is 0. The number of amides is 2. The van der Waals surface area contributed by atoms with Crippen LogP contribution in [0.25, 0.3) is 0 Å². The van der Waals surface area contributed by atoms with Crippen molar-refractivity contribution in [3.8, 4) is 0 Å². The molecule has 0 atom stereocenters. The predicted molar refractivity (Wildman–Crippen MR) is 130 cm³/mol. The highest BCUT2D eigenvalue weighted by molar-refractivity contribution is 5.96. The van der Waals surface area contributed by atoms with Crippen LogP contribution in [0.1, 0.15) is 27.9 Å². The van der Waals surface area contributed by atoms with Gasteiger partial charge in [-0.2, -0.15) is 0 Å². The van der Waals surface area contributed by atoms with Crippen molar-refractivity contribution in [2.24, 2.45) is 0 Å². The summed E-state index contributed by atoms with van der Waals surface area (Å²) in [6.07, 6.45) is -0.130. The van der Waals surface area contributed by atoms with Crippen molar-refractivity contribution in [1.82, 2.24) is 5.32 Å². The zero-order valence-corrected chi connectivity index (χ0v) is 19.2. The second kappa shape index (κ2) is 12.1. The summed E-state index contributed by atoms with van der Waals surface area (Å²) in [5.41, 5.74) is 2.73. The maximum Gasteiger partial charge on any atom is 0.308 e. The highest BCUT2D eigenvalue weighted by Crippen LogP contribution is 2.19. The molecule has 0 bridgehead atoms. The number of nitro groups is 1. The number of ether oxygens (including phenoxy) is 1. The average molecular weight is 476 g/mol. The highest BCUT2D eigenvalue weighted by Gasteiger charge is 2.19. The van der Waals surface area contributed by atoms with Gasteiger partial charge in [0.05, 0.1) is 17.9 Å². The van der Waals surface area contributed by atoms with Crippen LogP contribution in [0.15, 0.2) is 78.9 Å². The minimum absolute atomic E-state index is 0.00550. The van der Waals surface area contributed by atoms with Gasteiger partial charge in [-0.25, -0.2) is 0 Å². The van der Waals surface area contributed by atoms with E-state index in [9.17, 15) is 24.5 Å². The molecule has 0 spiro atoms. The lowest BCUT2D eigenvalue weighted by molar-refractivity contribution is -0.384. The molecule has 0 aromatic heterocycles. The van der Waals surface area contributed by atoms with Crippen molar-refractivity contribution < 1.29 is 24.0 Å². The number of esters is 1. The summed E-state index contributed by atoms with van der Waals surface area (Å²) in [4.78, 5) is 48.9. The van der Waals surface area contributed by atoms with Gasteiger partial charge in [0, 0.05) is 29.9 Å². The van der Waals surface area contributed by atoms with Crippen LogP contribution >= 0.6 is 0 Å². The molecule has 2 amide bonds. The number of nitrogens with one attached hydrogen (secondary N) is 1. The average Bonchev–Trinajstić information content (AvgIpc) is 2.86. The summed E-state index contributed by atoms with van der Waals surface area (Å²) < 4.78 is 5.15. The number of nitro benzene ring substituents is 1. The maximum atomic E-state index is 12.9. The molecule has 3 aromatic carbocycles. The zero-order chi connectivity index (χ0) is 25.2. The Bertz CT molecular complexity index is 1200. The molecule has 180 valence electrons. The SMILES string of the molecule is Cc1cccc(N(Cc2ccccc2)C(=O)COC(=O)CCNC(=O)c2ccc([N+](=O)[O-])cc2)c1. The van der Waals surface area contributed by atoms with Crippen molar-refractivity contribution in [3.05, 3.63) is 106 Å². The van der Waals surface area contributed by atoms with Crippen molar-refractivity contribution in [2.45, 2.75) is 19.9 Å². The van der Waals surface area contributed by atoms with E-state index in [0.29, 0.717) is 12.2 Å². The summed E-state index contributed by atoms with van der Waals surface area (Å²) in [6, 6.07) is 22.1. The summed E-state index contributed by atoms with van der Waals surface area (Å²) in [5.74, 6) is -1.48. The Morgan fingerprint density at radius 1 is 0.971 bits per heavy atom. The molecule has 0 radical (unpaired) electrons. The molecule has 0 aliphatic heterocycles. The second-order valence-corrected chi connectivity index (χ2v) is 7.78. The summed E-state index contributed by atoms with van der Waals surface area (Å²) >= 11 is 0. The number of carbonyl (C=O) groups excluding carboxylic acids is 3. The Balaban J connectivity index is 1.51. The molecule has 35 heavy (non-hydrogen) atoms. The lowest BCUT2D eigenvalue weighted by Gasteiger charge is -2.23. The van der Waals surface area contributed by atoms with Crippen LogP contribution in [-0.2, 0) is 20.9 Å². The number of hydrogen-bond donors (Lipinski definition) is 1. The third-order valence-corrected chi connectivity index (χ3v) is 5.11. The van der Waals surface area contributed by atoms with Gasteiger partial charge in [0.25, 0.3) is 17.5 Å². The van der Waals surface area contributed by atoms with Gasteiger partial charge >= 0.3 is 5.97 Å². The third kappa shape index (κ3) is 7.50. The molecule has 3 aromatic rings. The molecule has 0 unspecified atom stereocenters. The number of anilines is 1. The highest BCUT2D eigenvalue weighted by atomic mass is 16.6. The van der Waals surface area contributed by atoms with Gasteiger partial charge in [-0.15, -0.1) is 0 Å². The minimum atomic E-state index is -0.633. The fraction of sp³-hybridized carbons (Fsp3) is 0.192. The largest absolute Gasteiger partial charge is 0.455 e. The van der Waals surface area contributed by atoms with E-state index >= 15 is 0 Å². The van der Waals surface area contributed by atoms with E-state index in [0.717, 1.165) is 11.1 Å². The van der Waals surface area contributed by atoms with E-state index < -0.39 is 23.4 Å². The number of rotatable bonds is 10. The quantitative estimate of drug-likeness (QED) is 0.271. The summed E-state index contributed by atoms with van der Waals surface area (Å²) in [6.45, 7) is 1.82. The van der Waals surface area contributed by atoms with Crippen molar-refractivity contribution in [3.63, 3.8) is 0 Å². The molecule has 0 fully saturated rings. The standard InChI is InChI=1S/C26H25N3O6/c1-19-6-5-9-23(16-19)28(17-20-7-3-2-4-8-20)24(30)18-35-25(31)14-15-27-26(32)21-10-12-22(13-11-21)29(33)34/h2-13,16H,14-15,17-18H2,1H3,(H,27,32). The molecule has 0 saturated carbocycles. The van der Waals surface area contributed by atoms with E-state index in [1.165, 1.54) is 24.3 Å². The maximum absolute atomic E-state index is 12.9. The molecular formula is C26H25N3O6. The van der Waals surface area contributed by atoms with Gasteiger partial charge in [-0.3, -0.25) is 24.5 Å². The number of aryl methyl sites for hydroxylation is 1. The monoisotopic (exact) mass is 475 g/mol. The van der Waals surface area contributed by atoms with E-state index in [1.54, 1.807) is 4.90 Å². The number of nitrogens with zero attached hydrogens (tertiary/aromatic N) is 2. The smallest absolute Gasteiger partial charge is 0.308 e. The Hall–Kier alpha value is -4.53. The lowest BCUT2D eigenvalue weighted by atomic mass is 10.1. The van der Waals surface area contributed by atoms with Crippen LogP contribution in [0.3, 0.4) is 0 Å². The van der Waals surface area contributed by atoms with Crippen LogP contribution in [0.2, 0.25) is 0 Å². The first-order chi connectivity index (χ1) is 16.8. The Labute approximate surface area is 202 Å². The zero-order valence-electron chi connectivity index (χ0n) is 19.2. The Morgan fingerprint density at radius 2 is 1.69 bits per heavy atom. The molecule has 0 saturated heterocycles. The van der Waals surface area contributed by atoms with Gasteiger partial charge in [0.2, 0.25) is 0 Å². The number of non-ortho nitro benzene ring substituents is 1. The Kier molecular flexibility index (Phi) is 8.66. The van der Waals surface area contributed by atoms with Gasteiger partial charge in [-0.1, -0.05) is 42.5 Å². The first kappa shape index (κ1) is 25.1. The molecule has 0 aliphatic carbocycles. The molecule has 3 rings (SSSR count).